The van der Waals surface area contributed by atoms with Crippen molar-refractivity contribution in [3.8, 4) is 11.5 Å². The van der Waals surface area contributed by atoms with E-state index in [0.717, 1.165) is 23.5 Å². The van der Waals surface area contributed by atoms with E-state index in [1.807, 2.05) is 18.2 Å². The maximum atomic E-state index is 5.68. The first kappa shape index (κ1) is 13.4. The third kappa shape index (κ3) is 3.45. The zero-order chi connectivity index (χ0) is 13.7. The van der Waals surface area contributed by atoms with Crippen molar-refractivity contribution in [2.45, 2.75) is 20.0 Å². The molecule has 0 radical (unpaired) electrons. The van der Waals surface area contributed by atoms with Crippen molar-refractivity contribution in [2.75, 3.05) is 13.7 Å². The Morgan fingerprint density at radius 3 is 2.79 bits per heavy atom. The van der Waals surface area contributed by atoms with Crippen LogP contribution < -0.4 is 15.2 Å². The number of hydrogen-bond acceptors (Lipinski definition) is 6. The number of aryl methyl sites for hydroxylation is 1. The average Bonchev–Trinajstić information content (AvgIpc) is 2.83. The number of aromatic nitrogens is 2. The van der Waals surface area contributed by atoms with Gasteiger partial charge in [0.05, 0.1) is 7.11 Å². The summed E-state index contributed by atoms with van der Waals surface area (Å²) in [5.74, 6) is 2.51. The van der Waals surface area contributed by atoms with Crippen molar-refractivity contribution in [1.82, 2.24) is 10.2 Å². The van der Waals surface area contributed by atoms with E-state index in [1.165, 1.54) is 0 Å². The average molecular weight is 263 g/mol. The number of hydrogen-bond donors (Lipinski definition) is 1. The Kier molecular flexibility index (Phi) is 4.35. The molecule has 2 aromatic rings. The predicted molar refractivity (Wildman–Crippen MR) is 69.1 cm³/mol. The fourth-order valence-electron chi connectivity index (χ4n) is 1.71. The van der Waals surface area contributed by atoms with Gasteiger partial charge in [-0.05, 0) is 36.7 Å². The van der Waals surface area contributed by atoms with Crippen LogP contribution in [-0.4, -0.2) is 23.9 Å². The molecular weight excluding hydrogens is 246 g/mol. The first-order chi connectivity index (χ1) is 9.22. The third-order valence-electron chi connectivity index (χ3n) is 2.60. The van der Waals surface area contributed by atoms with Crippen LogP contribution in [0.1, 0.15) is 17.3 Å². The van der Waals surface area contributed by atoms with Crippen molar-refractivity contribution < 1.29 is 13.9 Å². The molecule has 0 amide bonds. The lowest BCUT2D eigenvalue weighted by molar-refractivity contribution is 0.258. The van der Waals surface area contributed by atoms with Gasteiger partial charge in [-0.1, -0.05) is 0 Å². The van der Waals surface area contributed by atoms with E-state index in [2.05, 4.69) is 10.2 Å². The first-order valence-electron chi connectivity index (χ1n) is 6.01. The van der Waals surface area contributed by atoms with Gasteiger partial charge in [-0.2, -0.15) is 0 Å². The molecule has 0 spiro atoms. The number of methoxy groups -OCH3 is 1. The van der Waals surface area contributed by atoms with Crippen LogP contribution in [0.4, 0.5) is 0 Å². The summed E-state index contributed by atoms with van der Waals surface area (Å²) in [6.45, 7) is 2.53. The normalized spacial score (nSPS) is 10.5. The zero-order valence-corrected chi connectivity index (χ0v) is 11.0. The Hall–Kier alpha value is -2.08. The van der Waals surface area contributed by atoms with Crippen molar-refractivity contribution in [3.05, 3.63) is 35.5 Å². The Bertz CT molecular complexity index is 540. The summed E-state index contributed by atoms with van der Waals surface area (Å²) in [6, 6.07) is 5.61. The molecule has 19 heavy (non-hydrogen) atoms. The Morgan fingerprint density at radius 1 is 1.32 bits per heavy atom. The van der Waals surface area contributed by atoms with E-state index in [0.29, 0.717) is 18.3 Å². The molecule has 0 fully saturated rings. The smallest absolute Gasteiger partial charge is 0.253 e. The second kappa shape index (κ2) is 6.19. The number of nitrogens with zero attached hydrogens (tertiary/aromatic N) is 2. The third-order valence-corrected chi connectivity index (χ3v) is 2.60. The SMILES string of the molecule is COc1ccc(OCc2nnc(C)o2)c(CCN)c1. The number of ether oxygens (including phenoxy) is 2. The van der Waals surface area contributed by atoms with Gasteiger partial charge in [0.15, 0.2) is 6.61 Å². The quantitative estimate of drug-likeness (QED) is 0.849. The van der Waals surface area contributed by atoms with Gasteiger partial charge in [-0.15, -0.1) is 10.2 Å². The maximum Gasteiger partial charge on any atom is 0.253 e. The molecule has 2 N–H and O–H groups in total. The second-order valence-corrected chi connectivity index (χ2v) is 4.02. The van der Waals surface area contributed by atoms with E-state index >= 15 is 0 Å². The fraction of sp³-hybridized carbons (Fsp3) is 0.385. The van der Waals surface area contributed by atoms with E-state index < -0.39 is 0 Å². The molecule has 0 bridgehead atoms. The van der Waals surface area contributed by atoms with Crippen molar-refractivity contribution in [1.29, 1.82) is 0 Å². The Labute approximate surface area is 111 Å². The van der Waals surface area contributed by atoms with Gasteiger partial charge in [-0.25, -0.2) is 0 Å². The van der Waals surface area contributed by atoms with Gasteiger partial charge in [0.1, 0.15) is 11.5 Å². The van der Waals surface area contributed by atoms with Crippen LogP contribution in [-0.2, 0) is 13.0 Å². The van der Waals surface area contributed by atoms with Crippen LogP contribution in [0.3, 0.4) is 0 Å². The fourth-order valence-corrected chi connectivity index (χ4v) is 1.71. The first-order valence-corrected chi connectivity index (χ1v) is 6.01. The second-order valence-electron chi connectivity index (χ2n) is 4.02. The lowest BCUT2D eigenvalue weighted by atomic mass is 10.1. The summed E-state index contributed by atoms with van der Waals surface area (Å²) < 4.78 is 16.1. The highest BCUT2D eigenvalue weighted by molar-refractivity contribution is 5.40. The summed E-state index contributed by atoms with van der Waals surface area (Å²) in [6.07, 6.45) is 0.718. The molecular formula is C13H17N3O3. The molecule has 1 aromatic carbocycles. The van der Waals surface area contributed by atoms with Crippen LogP contribution in [0.2, 0.25) is 0 Å². The van der Waals surface area contributed by atoms with Gasteiger partial charge in [-0.3, -0.25) is 0 Å². The van der Waals surface area contributed by atoms with Gasteiger partial charge in [0, 0.05) is 6.92 Å². The summed E-state index contributed by atoms with van der Waals surface area (Å²) in [7, 11) is 1.63. The molecule has 0 aliphatic carbocycles. The summed E-state index contributed by atoms with van der Waals surface area (Å²) >= 11 is 0. The summed E-state index contributed by atoms with van der Waals surface area (Å²) in [5.41, 5.74) is 6.59. The molecule has 6 heteroatoms. The predicted octanol–water partition coefficient (Wildman–Crippen LogP) is 1.47. The molecule has 0 aliphatic rings. The van der Waals surface area contributed by atoms with Crippen LogP contribution in [0, 0.1) is 6.92 Å². The van der Waals surface area contributed by atoms with Gasteiger partial charge >= 0.3 is 0 Å². The van der Waals surface area contributed by atoms with Crippen LogP contribution in [0.15, 0.2) is 22.6 Å². The Morgan fingerprint density at radius 2 is 2.16 bits per heavy atom. The molecule has 0 atom stereocenters. The van der Waals surface area contributed by atoms with E-state index in [4.69, 9.17) is 19.6 Å². The minimum Gasteiger partial charge on any atom is -0.497 e. The van der Waals surface area contributed by atoms with Crippen molar-refractivity contribution in [2.24, 2.45) is 5.73 Å². The Balaban J connectivity index is 2.10. The molecule has 0 saturated heterocycles. The summed E-state index contributed by atoms with van der Waals surface area (Å²) in [4.78, 5) is 0. The highest BCUT2D eigenvalue weighted by atomic mass is 16.5. The lowest BCUT2D eigenvalue weighted by Gasteiger charge is -2.11. The molecule has 6 nitrogen and oxygen atoms in total. The van der Waals surface area contributed by atoms with Crippen molar-refractivity contribution in [3.63, 3.8) is 0 Å². The highest BCUT2D eigenvalue weighted by Gasteiger charge is 2.08. The van der Waals surface area contributed by atoms with E-state index in [-0.39, 0.29) is 6.61 Å². The monoisotopic (exact) mass is 263 g/mol. The lowest BCUT2D eigenvalue weighted by Crippen LogP contribution is -2.06. The highest BCUT2D eigenvalue weighted by Crippen LogP contribution is 2.25. The van der Waals surface area contributed by atoms with Gasteiger partial charge in [0.2, 0.25) is 5.89 Å². The molecule has 1 aromatic heterocycles. The number of rotatable bonds is 6. The van der Waals surface area contributed by atoms with E-state index in [1.54, 1.807) is 14.0 Å². The van der Waals surface area contributed by atoms with Gasteiger partial charge in [0.25, 0.3) is 5.89 Å². The largest absolute Gasteiger partial charge is 0.497 e. The van der Waals surface area contributed by atoms with Crippen LogP contribution >= 0.6 is 0 Å². The zero-order valence-electron chi connectivity index (χ0n) is 11.0. The maximum absolute atomic E-state index is 5.68. The molecule has 0 aliphatic heterocycles. The summed E-state index contributed by atoms with van der Waals surface area (Å²) in [5, 5.41) is 7.63. The minimum atomic E-state index is 0.241. The van der Waals surface area contributed by atoms with Crippen molar-refractivity contribution >= 4 is 0 Å². The molecule has 102 valence electrons. The number of benzene rings is 1. The molecule has 0 unspecified atom stereocenters. The number of nitrogens with two attached hydrogens (primary N) is 1. The van der Waals surface area contributed by atoms with Crippen LogP contribution in [0.5, 0.6) is 11.5 Å². The molecule has 2 rings (SSSR count). The minimum absolute atomic E-state index is 0.241. The molecule has 1 heterocycles. The topological polar surface area (TPSA) is 83.4 Å². The molecule has 0 saturated carbocycles. The van der Waals surface area contributed by atoms with Crippen LogP contribution in [0.25, 0.3) is 0 Å². The van der Waals surface area contributed by atoms with E-state index in [9.17, 15) is 0 Å². The van der Waals surface area contributed by atoms with Gasteiger partial charge < -0.3 is 19.6 Å². The standard InChI is InChI=1S/C13H17N3O3/c1-9-15-16-13(19-9)8-18-12-4-3-11(17-2)7-10(12)5-6-14/h3-4,7H,5-6,8,14H2,1-2H3.